The fourth-order valence-corrected chi connectivity index (χ4v) is 3.92. The van der Waals surface area contributed by atoms with Crippen molar-refractivity contribution in [1.82, 2.24) is 5.32 Å². The Bertz CT molecular complexity index is 1140. The van der Waals surface area contributed by atoms with Crippen LogP contribution in [0.15, 0.2) is 56.3 Å². The standard InChI is InChI=1S/C22H20BrClN2O3/c1-13-4-6-19(18(24)9-13)26-22-17(21(27)25-12-16-3-2-8-28-16)11-14-10-15(23)5-7-20(14)29-22/h4-7,9-11,16H,2-3,8,12H2,1H3,(H,25,27). The second-order valence-corrected chi connectivity index (χ2v) is 8.38. The normalized spacial score (nSPS) is 17.1. The van der Waals surface area contributed by atoms with Gasteiger partial charge in [0.25, 0.3) is 5.91 Å². The predicted molar refractivity (Wildman–Crippen MR) is 117 cm³/mol. The summed E-state index contributed by atoms with van der Waals surface area (Å²) in [6.45, 7) is 3.16. The van der Waals surface area contributed by atoms with E-state index in [1.165, 1.54) is 0 Å². The molecule has 29 heavy (non-hydrogen) atoms. The maximum Gasteiger partial charge on any atom is 0.256 e. The van der Waals surface area contributed by atoms with Crippen LogP contribution in [-0.2, 0) is 4.74 Å². The van der Waals surface area contributed by atoms with Crippen molar-refractivity contribution in [1.29, 1.82) is 0 Å². The molecule has 5 nitrogen and oxygen atoms in total. The first-order chi connectivity index (χ1) is 14.0. The highest BCUT2D eigenvalue weighted by atomic mass is 79.9. The Balaban J connectivity index is 1.78. The van der Waals surface area contributed by atoms with E-state index in [0.717, 1.165) is 34.9 Å². The zero-order chi connectivity index (χ0) is 20.4. The third kappa shape index (κ3) is 4.71. The molecule has 1 aromatic heterocycles. The molecule has 4 rings (SSSR count). The molecule has 1 amide bonds. The van der Waals surface area contributed by atoms with Gasteiger partial charge in [-0.25, -0.2) is 4.99 Å². The van der Waals surface area contributed by atoms with Crippen molar-refractivity contribution in [2.75, 3.05) is 13.2 Å². The van der Waals surface area contributed by atoms with Gasteiger partial charge in [-0.2, -0.15) is 0 Å². The molecule has 1 atom stereocenters. The molecule has 1 unspecified atom stereocenters. The molecule has 0 radical (unpaired) electrons. The minimum atomic E-state index is -0.256. The van der Waals surface area contributed by atoms with Crippen LogP contribution in [-0.4, -0.2) is 25.2 Å². The fraction of sp³-hybridized carbons (Fsp3) is 0.273. The van der Waals surface area contributed by atoms with Gasteiger partial charge in [-0.15, -0.1) is 0 Å². The number of rotatable bonds is 4. The number of aryl methyl sites for hydroxylation is 1. The third-order valence-corrected chi connectivity index (χ3v) is 5.59. The van der Waals surface area contributed by atoms with E-state index in [2.05, 4.69) is 26.2 Å². The third-order valence-electron chi connectivity index (χ3n) is 4.79. The summed E-state index contributed by atoms with van der Waals surface area (Å²) in [6, 6.07) is 13.0. The fourth-order valence-electron chi connectivity index (χ4n) is 3.27. The first-order valence-corrected chi connectivity index (χ1v) is 10.6. The lowest BCUT2D eigenvalue weighted by atomic mass is 10.1. The Morgan fingerprint density at radius 2 is 2.14 bits per heavy atom. The minimum absolute atomic E-state index is 0.0532. The van der Waals surface area contributed by atoms with E-state index in [0.29, 0.717) is 28.4 Å². The molecule has 7 heteroatoms. The van der Waals surface area contributed by atoms with Gasteiger partial charge in [0.2, 0.25) is 5.55 Å². The quantitative estimate of drug-likeness (QED) is 0.557. The molecule has 0 saturated carbocycles. The van der Waals surface area contributed by atoms with Crippen molar-refractivity contribution < 1.29 is 13.9 Å². The van der Waals surface area contributed by atoms with Crippen LogP contribution in [0.4, 0.5) is 5.69 Å². The van der Waals surface area contributed by atoms with Crippen LogP contribution >= 0.6 is 27.5 Å². The van der Waals surface area contributed by atoms with Gasteiger partial charge in [-0.1, -0.05) is 33.6 Å². The zero-order valence-corrected chi connectivity index (χ0v) is 18.2. The first kappa shape index (κ1) is 20.1. The van der Waals surface area contributed by atoms with Gasteiger partial charge in [-0.3, -0.25) is 4.79 Å². The number of nitrogens with zero attached hydrogens (tertiary/aromatic N) is 1. The van der Waals surface area contributed by atoms with E-state index >= 15 is 0 Å². The number of amides is 1. The average Bonchev–Trinajstić information content (AvgIpc) is 3.21. The van der Waals surface area contributed by atoms with Gasteiger partial charge in [0.15, 0.2) is 0 Å². The van der Waals surface area contributed by atoms with Crippen LogP contribution in [0.5, 0.6) is 0 Å². The summed E-state index contributed by atoms with van der Waals surface area (Å²) in [5.41, 5.74) is 2.78. The Morgan fingerprint density at radius 3 is 2.90 bits per heavy atom. The number of carbonyl (C=O) groups is 1. The molecule has 1 N–H and O–H groups in total. The molecular weight excluding hydrogens is 456 g/mol. The molecule has 0 aliphatic carbocycles. The maximum atomic E-state index is 12.9. The molecule has 0 bridgehead atoms. The molecule has 1 aliphatic heterocycles. The van der Waals surface area contributed by atoms with Crippen LogP contribution in [0.25, 0.3) is 11.0 Å². The molecule has 1 fully saturated rings. The smallest absolute Gasteiger partial charge is 0.256 e. The monoisotopic (exact) mass is 474 g/mol. The van der Waals surface area contributed by atoms with Crippen molar-refractivity contribution in [2.45, 2.75) is 25.9 Å². The molecule has 150 valence electrons. The second kappa shape index (κ2) is 8.69. The summed E-state index contributed by atoms with van der Waals surface area (Å²) in [5.74, 6) is -0.256. The lowest BCUT2D eigenvalue weighted by Gasteiger charge is -2.11. The maximum absolute atomic E-state index is 12.9. The SMILES string of the molecule is Cc1ccc(N=c2oc3ccc(Br)cc3cc2C(=O)NCC2CCCO2)c(Cl)c1. The van der Waals surface area contributed by atoms with Crippen LogP contribution < -0.4 is 10.9 Å². The number of halogens is 2. The molecule has 3 aromatic rings. The van der Waals surface area contributed by atoms with Crippen LogP contribution in [0.3, 0.4) is 0 Å². The van der Waals surface area contributed by atoms with E-state index in [9.17, 15) is 4.79 Å². The lowest BCUT2D eigenvalue weighted by Crippen LogP contribution is -2.34. The van der Waals surface area contributed by atoms with E-state index in [4.69, 9.17) is 20.8 Å². The van der Waals surface area contributed by atoms with Crippen LogP contribution in [0, 0.1) is 6.92 Å². The largest absolute Gasteiger partial charge is 0.438 e. The van der Waals surface area contributed by atoms with E-state index in [-0.39, 0.29) is 17.6 Å². The zero-order valence-electron chi connectivity index (χ0n) is 15.9. The highest BCUT2D eigenvalue weighted by Crippen LogP contribution is 2.26. The lowest BCUT2D eigenvalue weighted by molar-refractivity contribution is 0.0854. The topological polar surface area (TPSA) is 63.8 Å². The Hall–Kier alpha value is -2.15. The summed E-state index contributed by atoms with van der Waals surface area (Å²) in [6.07, 6.45) is 2.02. The number of nitrogens with one attached hydrogen (secondary N) is 1. The predicted octanol–water partition coefficient (Wildman–Crippen LogP) is 5.30. The van der Waals surface area contributed by atoms with Crippen LogP contribution in [0.1, 0.15) is 28.8 Å². The molecule has 2 heterocycles. The molecule has 0 spiro atoms. The number of hydrogen-bond acceptors (Lipinski definition) is 4. The number of fused-ring (bicyclic) bond motifs is 1. The Kier molecular flexibility index (Phi) is 6.04. The Labute approximate surface area is 181 Å². The number of ether oxygens (including phenoxy) is 1. The highest BCUT2D eigenvalue weighted by molar-refractivity contribution is 9.10. The number of benzene rings is 2. The minimum Gasteiger partial charge on any atom is -0.438 e. The van der Waals surface area contributed by atoms with Gasteiger partial charge < -0.3 is 14.5 Å². The van der Waals surface area contributed by atoms with Crippen molar-refractivity contribution in [3.8, 4) is 0 Å². The van der Waals surface area contributed by atoms with Crippen molar-refractivity contribution in [2.24, 2.45) is 4.99 Å². The molecule has 2 aromatic carbocycles. The molecule has 1 aliphatic rings. The summed E-state index contributed by atoms with van der Waals surface area (Å²) in [4.78, 5) is 17.5. The average molecular weight is 476 g/mol. The summed E-state index contributed by atoms with van der Waals surface area (Å²) >= 11 is 9.80. The highest BCUT2D eigenvalue weighted by Gasteiger charge is 2.19. The van der Waals surface area contributed by atoms with Crippen molar-refractivity contribution in [3.63, 3.8) is 0 Å². The van der Waals surface area contributed by atoms with Crippen molar-refractivity contribution >= 4 is 50.1 Å². The van der Waals surface area contributed by atoms with E-state index in [1.54, 1.807) is 6.07 Å². The van der Waals surface area contributed by atoms with E-state index in [1.807, 2.05) is 43.3 Å². The molecule has 1 saturated heterocycles. The second-order valence-electron chi connectivity index (χ2n) is 7.06. The summed E-state index contributed by atoms with van der Waals surface area (Å²) in [5, 5.41) is 4.24. The van der Waals surface area contributed by atoms with Gasteiger partial charge in [0, 0.05) is 23.0 Å². The number of hydrogen-bond donors (Lipinski definition) is 1. The number of carbonyl (C=O) groups excluding carboxylic acids is 1. The van der Waals surface area contributed by atoms with Crippen molar-refractivity contribution in [3.05, 3.63) is 68.6 Å². The Morgan fingerprint density at radius 1 is 1.28 bits per heavy atom. The summed E-state index contributed by atoms with van der Waals surface area (Å²) in [7, 11) is 0. The first-order valence-electron chi connectivity index (χ1n) is 9.44. The summed E-state index contributed by atoms with van der Waals surface area (Å²) < 4.78 is 12.5. The van der Waals surface area contributed by atoms with Gasteiger partial charge in [0.1, 0.15) is 11.1 Å². The van der Waals surface area contributed by atoms with Crippen LogP contribution in [0.2, 0.25) is 5.02 Å². The van der Waals surface area contributed by atoms with E-state index < -0.39 is 0 Å². The van der Waals surface area contributed by atoms with Gasteiger partial charge in [-0.05, 0) is 61.7 Å². The van der Waals surface area contributed by atoms with Gasteiger partial charge >= 0.3 is 0 Å². The molecular formula is C22H20BrClN2O3. The van der Waals surface area contributed by atoms with Gasteiger partial charge in [0.05, 0.1) is 16.8 Å².